The van der Waals surface area contributed by atoms with Gasteiger partial charge in [0.25, 0.3) is 0 Å². The molecule has 2 aromatic carbocycles. The number of hydrogen-bond acceptors (Lipinski definition) is 15. The standard InChI is InChI=1S/C31H42O15/c1-41-21-6-14(3-4-19(21)35)24-17-8-20(36)22(42-2)7-15(17)5-16(9-32)18(24)11-43-29-27(26(38)25(37)23(10-33)45-29)46-30-28(39)31(40,12-34)13-44-30/h3-4,6-8,16,18,23-30,32-40H,5,9-13H2,1-2H3/t16-,18+,23+,24+,25-,26-,27+,28-,29+,30-,31-/m1/s1. The molecule has 46 heavy (non-hydrogen) atoms. The van der Waals surface area contributed by atoms with Crippen LogP contribution >= 0.6 is 0 Å². The van der Waals surface area contributed by atoms with Crippen LogP contribution in [0.25, 0.3) is 0 Å². The van der Waals surface area contributed by atoms with Crippen molar-refractivity contribution < 1.29 is 74.4 Å². The second kappa shape index (κ2) is 14.1. The molecule has 11 atom stereocenters. The highest BCUT2D eigenvalue weighted by atomic mass is 16.8. The number of phenolic OH excluding ortho intramolecular Hbond substituents is 2. The second-order valence-corrected chi connectivity index (χ2v) is 12.0. The maximum Gasteiger partial charge on any atom is 0.187 e. The summed E-state index contributed by atoms with van der Waals surface area (Å²) in [6.07, 6.45) is -10.4. The van der Waals surface area contributed by atoms with Gasteiger partial charge in [0.15, 0.2) is 35.6 Å². The molecule has 0 radical (unpaired) electrons. The summed E-state index contributed by atoms with van der Waals surface area (Å²) in [5.41, 5.74) is 0.152. The predicted molar refractivity (Wildman–Crippen MR) is 155 cm³/mol. The van der Waals surface area contributed by atoms with Crippen LogP contribution in [0.4, 0.5) is 0 Å². The molecule has 5 rings (SSSR count). The van der Waals surface area contributed by atoms with Gasteiger partial charge in [-0.05, 0) is 59.2 Å². The van der Waals surface area contributed by atoms with Crippen molar-refractivity contribution in [1.82, 2.24) is 0 Å². The van der Waals surface area contributed by atoms with Crippen molar-refractivity contribution in [2.45, 2.75) is 61.0 Å². The summed E-state index contributed by atoms with van der Waals surface area (Å²) in [4.78, 5) is 0. The molecule has 2 heterocycles. The van der Waals surface area contributed by atoms with E-state index in [4.69, 9.17) is 28.4 Å². The largest absolute Gasteiger partial charge is 0.504 e. The van der Waals surface area contributed by atoms with Crippen molar-refractivity contribution >= 4 is 0 Å². The number of phenols is 2. The Bertz CT molecular complexity index is 1340. The first-order valence-corrected chi connectivity index (χ1v) is 14.9. The van der Waals surface area contributed by atoms with Gasteiger partial charge in [0.05, 0.1) is 40.6 Å². The molecular formula is C31H42O15. The molecule has 3 aliphatic rings. The molecule has 0 bridgehead atoms. The van der Waals surface area contributed by atoms with Crippen molar-refractivity contribution in [3.63, 3.8) is 0 Å². The molecule has 0 unspecified atom stereocenters. The number of aliphatic hydroxyl groups is 7. The van der Waals surface area contributed by atoms with E-state index in [9.17, 15) is 46.0 Å². The minimum absolute atomic E-state index is 0.0889. The minimum atomic E-state index is -2.02. The highest BCUT2D eigenvalue weighted by molar-refractivity contribution is 5.53. The third-order valence-corrected chi connectivity index (χ3v) is 9.24. The van der Waals surface area contributed by atoms with Gasteiger partial charge in [-0.15, -0.1) is 0 Å². The predicted octanol–water partition coefficient (Wildman–Crippen LogP) is -1.69. The van der Waals surface area contributed by atoms with Gasteiger partial charge in [0.2, 0.25) is 0 Å². The van der Waals surface area contributed by atoms with E-state index < -0.39 is 86.3 Å². The number of hydrogen-bond donors (Lipinski definition) is 9. The van der Waals surface area contributed by atoms with Gasteiger partial charge in [-0.1, -0.05) is 6.07 Å². The van der Waals surface area contributed by atoms with Gasteiger partial charge in [-0.25, -0.2) is 0 Å². The summed E-state index contributed by atoms with van der Waals surface area (Å²) in [5, 5.41) is 93.4. The fourth-order valence-corrected chi connectivity index (χ4v) is 6.54. The van der Waals surface area contributed by atoms with E-state index in [2.05, 4.69) is 0 Å². The highest BCUT2D eigenvalue weighted by Gasteiger charge is 2.53. The molecule has 2 aromatic rings. The summed E-state index contributed by atoms with van der Waals surface area (Å²) in [5.74, 6) is -1.22. The van der Waals surface area contributed by atoms with Crippen LogP contribution in [0, 0.1) is 11.8 Å². The second-order valence-electron chi connectivity index (χ2n) is 12.0. The van der Waals surface area contributed by atoms with Crippen LogP contribution < -0.4 is 9.47 Å². The number of fused-ring (bicyclic) bond motifs is 1. The van der Waals surface area contributed by atoms with Crippen molar-refractivity contribution in [1.29, 1.82) is 0 Å². The van der Waals surface area contributed by atoms with Gasteiger partial charge in [0, 0.05) is 12.5 Å². The van der Waals surface area contributed by atoms with Gasteiger partial charge < -0.3 is 74.4 Å². The molecule has 2 saturated heterocycles. The van der Waals surface area contributed by atoms with Crippen LogP contribution in [0.2, 0.25) is 0 Å². The lowest BCUT2D eigenvalue weighted by Gasteiger charge is -2.44. The fraction of sp³-hybridized carbons (Fsp3) is 0.613. The maximum absolute atomic E-state index is 11.0. The Morgan fingerprint density at radius 3 is 2.24 bits per heavy atom. The summed E-state index contributed by atoms with van der Waals surface area (Å²) >= 11 is 0. The molecule has 2 aliphatic heterocycles. The lowest BCUT2D eigenvalue weighted by molar-refractivity contribution is -0.338. The smallest absolute Gasteiger partial charge is 0.187 e. The Morgan fingerprint density at radius 2 is 1.61 bits per heavy atom. The van der Waals surface area contributed by atoms with Crippen molar-refractivity contribution in [2.24, 2.45) is 11.8 Å². The van der Waals surface area contributed by atoms with Crippen LogP contribution in [0.3, 0.4) is 0 Å². The zero-order valence-corrected chi connectivity index (χ0v) is 25.4. The first kappa shape index (κ1) is 34.5. The number of benzene rings is 2. The summed E-state index contributed by atoms with van der Waals surface area (Å²) in [7, 11) is 2.84. The average molecular weight is 655 g/mol. The first-order valence-electron chi connectivity index (χ1n) is 14.9. The van der Waals surface area contributed by atoms with E-state index in [0.717, 1.165) is 5.56 Å². The fourth-order valence-electron chi connectivity index (χ4n) is 6.54. The SMILES string of the molecule is COc1cc([C@H]2c3cc(O)c(OC)cc3C[C@H](CO)[C@@H]2CO[C@H]2O[C@@H](CO)[C@@H](O)[C@@H](O)[C@@H]2O[C@H]2OC[C@](O)(CO)[C@@H]2O)ccc1O. The topological polar surface area (TPSA) is 237 Å². The van der Waals surface area contributed by atoms with Crippen molar-refractivity contribution in [2.75, 3.05) is 47.3 Å². The molecule has 1 aliphatic carbocycles. The Balaban J connectivity index is 1.49. The third-order valence-electron chi connectivity index (χ3n) is 9.24. The molecular weight excluding hydrogens is 612 g/mol. The molecule has 0 aromatic heterocycles. The Morgan fingerprint density at radius 1 is 0.891 bits per heavy atom. The van der Waals surface area contributed by atoms with Crippen LogP contribution in [-0.2, 0) is 25.4 Å². The van der Waals surface area contributed by atoms with E-state index in [1.807, 2.05) is 0 Å². The molecule has 0 amide bonds. The monoisotopic (exact) mass is 654 g/mol. The third kappa shape index (κ3) is 6.37. The Hall–Kier alpha value is -2.80. The van der Waals surface area contributed by atoms with E-state index >= 15 is 0 Å². The van der Waals surface area contributed by atoms with E-state index in [1.165, 1.54) is 20.3 Å². The van der Waals surface area contributed by atoms with Crippen LogP contribution in [0.5, 0.6) is 23.0 Å². The van der Waals surface area contributed by atoms with Crippen LogP contribution in [0.1, 0.15) is 22.6 Å². The van der Waals surface area contributed by atoms with Gasteiger partial charge in [-0.2, -0.15) is 0 Å². The Kier molecular flexibility index (Phi) is 10.6. The van der Waals surface area contributed by atoms with Crippen LogP contribution in [-0.4, -0.2) is 142 Å². The van der Waals surface area contributed by atoms with Gasteiger partial charge >= 0.3 is 0 Å². The first-order chi connectivity index (χ1) is 22.0. The lowest BCUT2D eigenvalue weighted by Crippen LogP contribution is -2.61. The van der Waals surface area contributed by atoms with Crippen molar-refractivity contribution in [3.8, 4) is 23.0 Å². The molecule has 9 N–H and O–H groups in total. The van der Waals surface area contributed by atoms with Gasteiger partial charge in [-0.3, -0.25) is 0 Å². The molecule has 0 saturated carbocycles. The average Bonchev–Trinajstić information content (AvgIpc) is 3.35. The molecule has 2 fully saturated rings. The van der Waals surface area contributed by atoms with E-state index in [1.54, 1.807) is 24.3 Å². The number of aliphatic hydroxyl groups excluding tert-OH is 6. The zero-order chi connectivity index (χ0) is 33.3. The lowest BCUT2D eigenvalue weighted by atomic mass is 9.67. The molecule has 15 nitrogen and oxygen atoms in total. The van der Waals surface area contributed by atoms with E-state index in [0.29, 0.717) is 17.5 Å². The molecule has 0 spiro atoms. The minimum Gasteiger partial charge on any atom is -0.504 e. The maximum atomic E-state index is 11.0. The highest BCUT2D eigenvalue weighted by Crippen LogP contribution is 2.48. The summed E-state index contributed by atoms with van der Waals surface area (Å²) < 4.78 is 33.8. The Labute approximate surface area is 264 Å². The summed E-state index contributed by atoms with van der Waals surface area (Å²) in [6.45, 7) is -2.39. The number of ether oxygens (including phenoxy) is 6. The molecule has 256 valence electrons. The van der Waals surface area contributed by atoms with Crippen LogP contribution in [0.15, 0.2) is 30.3 Å². The van der Waals surface area contributed by atoms with E-state index in [-0.39, 0.29) is 36.2 Å². The summed E-state index contributed by atoms with van der Waals surface area (Å²) in [6, 6.07) is 8.07. The number of aromatic hydroxyl groups is 2. The normalized spacial score (nSPS) is 35.9. The van der Waals surface area contributed by atoms with Crippen molar-refractivity contribution in [3.05, 3.63) is 47.0 Å². The zero-order valence-electron chi connectivity index (χ0n) is 25.4. The van der Waals surface area contributed by atoms with Gasteiger partial charge in [0.1, 0.15) is 36.1 Å². The quantitative estimate of drug-likeness (QED) is 0.131. The molecule has 15 heteroatoms. The number of rotatable bonds is 11. The number of methoxy groups -OCH3 is 2.